The van der Waals surface area contributed by atoms with Crippen molar-refractivity contribution in [2.45, 2.75) is 38.9 Å². The van der Waals surface area contributed by atoms with Crippen LogP contribution in [0.3, 0.4) is 0 Å². The van der Waals surface area contributed by atoms with Crippen molar-refractivity contribution in [3.05, 3.63) is 29.8 Å². The van der Waals surface area contributed by atoms with Crippen molar-refractivity contribution in [1.82, 2.24) is 0 Å². The molecule has 112 valence electrons. The summed E-state index contributed by atoms with van der Waals surface area (Å²) in [4.78, 5) is 11.3. The van der Waals surface area contributed by atoms with Gasteiger partial charge in [-0.2, -0.15) is 8.42 Å². The third-order valence-electron chi connectivity index (χ3n) is 2.89. The van der Waals surface area contributed by atoms with Gasteiger partial charge in [0.05, 0.1) is 0 Å². The zero-order valence-corrected chi connectivity index (χ0v) is 13.5. The molecule has 0 aliphatic carbocycles. The molecule has 1 unspecified atom stereocenters. The van der Waals surface area contributed by atoms with Crippen LogP contribution in [0.4, 0.5) is 0 Å². The fraction of sp³-hybridized carbons (Fsp3) is 0.500. The van der Waals surface area contributed by atoms with Crippen molar-refractivity contribution in [1.29, 1.82) is 0 Å². The van der Waals surface area contributed by atoms with E-state index in [2.05, 4.69) is 0 Å². The Labute approximate surface area is 125 Å². The van der Waals surface area contributed by atoms with E-state index in [4.69, 9.17) is 15.8 Å². The predicted molar refractivity (Wildman–Crippen MR) is 79.6 cm³/mol. The first-order chi connectivity index (χ1) is 9.16. The van der Waals surface area contributed by atoms with Gasteiger partial charge in [0.25, 0.3) is 0 Å². The maximum Gasteiger partial charge on any atom is 0.320 e. The van der Waals surface area contributed by atoms with Crippen LogP contribution in [0.15, 0.2) is 24.3 Å². The third kappa shape index (κ3) is 3.96. The molecule has 0 N–H and O–H groups in total. The Morgan fingerprint density at radius 1 is 1.15 bits per heavy atom. The van der Waals surface area contributed by atoms with Gasteiger partial charge < -0.3 is 4.18 Å². The first-order valence-corrected chi connectivity index (χ1v) is 8.23. The summed E-state index contributed by atoms with van der Waals surface area (Å²) in [6.45, 7) is 7.09. The van der Waals surface area contributed by atoms with Crippen LogP contribution in [0, 0.1) is 5.92 Å². The maximum absolute atomic E-state index is 12.2. The second-order valence-electron chi connectivity index (χ2n) is 5.24. The van der Waals surface area contributed by atoms with E-state index in [1.54, 1.807) is 38.1 Å². The standard InChI is InChI=1S/C14H19ClO4S/c1-9(2)11-7-5-6-8-12(11)19-20(17,18)13(10(3)4)14(15)16/h5-10,13H,1-4H3. The van der Waals surface area contributed by atoms with Gasteiger partial charge in [-0.05, 0) is 35.1 Å². The molecule has 0 bridgehead atoms. The maximum atomic E-state index is 12.2. The minimum absolute atomic E-state index is 0.102. The van der Waals surface area contributed by atoms with Crippen molar-refractivity contribution in [2.75, 3.05) is 0 Å². The van der Waals surface area contributed by atoms with Gasteiger partial charge in [-0.15, -0.1) is 0 Å². The van der Waals surface area contributed by atoms with Crippen LogP contribution in [0.25, 0.3) is 0 Å². The topological polar surface area (TPSA) is 60.4 Å². The highest BCUT2D eigenvalue weighted by molar-refractivity contribution is 7.88. The normalized spacial score (nSPS) is 13.6. The summed E-state index contributed by atoms with van der Waals surface area (Å²) in [6, 6.07) is 6.86. The van der Waals surface area contributed by atoms with Crippen molar-refractivity contribution in [3.63, 3.8) is 0 Å². The smallest absolute Gasteiger partial charge is 0.320 e. The number of carbonyl (C=O) groups is 1. The van der Waals surface area contributed by atoms with Crippen LogP contribution in [-0.2, 0) is 14.9 Å². The van der Waals surface area contributed by atoms with Gasteiger partial charge in [-0.25, -0.2) is 0 Å². The van der Waals surface area contributed by atoms with E-state index in [0.29, 0.717) is 0 Å². The lowest BCUT2D eigenvalue weighted by Crippen LogP contribution is -2.35. The van der Waals surface area contributed by atoms with Gasteiger partial charge in [0.15, 0.2) is 5.25 Å². The van der Waals surface area contributed by atoms with E-state index in [-0.39, 0.29) is 11.7 Å². The molecule has 1 atom stereocenters. The molecule has 0 heterocycles. The largest absolute Gasteiger partial charge is 0.382 e. The number of carbonyl (C=O) groups excluding carboxylic acids is 1. The Bertz CT molecular complexity index is 579. The summed E-state index contributed by atoms with van der Waals surface area (Å²) in [5.41, 5.74) is 0.764. The number of hydrogen-bond acceptors (Lipinski definition) is 4. The Kier molecular flexibility index (Phi) is 5.59. The third-order valence-corrected chi connectivity index (χ3v) is 5.04. The van der Waals surface area contributed by atoms with Crippen LogP contribution in [0.5, 0.6) is 5.75 Å². The van der Waals surface area contributed by atoms with E-state index in [1.165, 1.54) is 0 Å². The molecule has 1 aromatic carbocycles. The molecule has 0 aliphatic rings. The van der Waals surface area contributed by atoms with Crippen LogP contribution in [-0.4, -0.2) is 18.9 Å². The molecule has 20 heavy (non-hydrogen) atoms. The Morgan fingerprint density at radius 3 is 2.15 bits per heavy atom. The molecule has 4 nitrogen and oxygen atoms in total. The molecule has 6 heteroatoms. The summed E-state index contributed by atoms with van der Waals surface area (Å²) in [5.74, 6) is -0.118. The van der Waals surface area contributed by atoms with Crippen LogP contribution in [0.1, 0.15) is 39.2 Å². The summed E-state index contributed by atoms with van der Waals surface area (Å²) >= 11 is 5.39. The van der Waals surface area contributed by atoms with E-state index in [9.17, 15) is 13.2 Å². The average Bonchev–Trinajstić information content (AvgIpc) is 2.26. The minimum Gasteiger partial charge on any atom is -0.382 e. The van der Waals surface area contributed by atoms with Gasteiger partial charge in [-0.3, -0.25) is 4.79 Å². The van der Waals surface area contributed by atoms with E-state index in [1.807, 2.05) is 13.8 Å². The highest BCUT2D eigenvalue weighted by atomic mass is 35.5. The molecular formula is C14H19ClO4S. The van der Waals surface area contributed by atoms with Crippen molar-refractivity contribution >= 4 is 27.0 Å². The number of halogens is 1. The first-order valence-electron chi connectivity index (χ1n) is 6.38. The Balaban J connectivity index is 3.17. The molecule has 0 amide bonds. The second-order valence-corrected chi connectivity index (χ2v) is 7.27. The number of benzene rings is 1. The highest BCUT2D eigenvalue weighted by Gasteiger charge is 2.36. The summed E-state index contributed by atoms with van der Waals surface area (Å²) < 4.78 is 29.6. The SMILES string of the molecule is CC(C)c1ccccc1OS(=O)(=O)C(C(=O)Cl)C(C)C. The molecule has 0 aliphatic heterocycles. The van der Waals surface area contributed by atoms with Gasteiger partial charge in [0.1, 0.15) is 5.75 Å². The molecule has 0 saturated carbocycles. The molecule has 0 saturated heterocycles. The van der Waals surface area contributed by atoms with E-state index in [0.717, 1.165) is 5.56 Å². The Morgan fingerprint density at radius 2 is 1.70 bits per heavy atom. The minimum atomic E-state index is -4.11. The van der Waals surface area contributed by atoms with Gasteiger partial charge in [-0.1, -0.05) is 45.9 Å². The number of rotatable bonds is 6. The quantitative estimate of drug-likeness (QED) is 0.596. The second kappa shape index (κ2) is 6.59. The first kappa shape index (κ1) is 17.0. The van der Waals surface area contributed by atoms with Crippen molar-refractivity contribution in [3.8, 4) is 5.75 Å². The Hall–Kier alpha value is -1.07. The monoisotopic (exact) mass is 318 g/mol. The molecule has 0 spiro atoms. The molecule has 0 radical (unpaired) electrons. The zero-order valence-electron chi connectivity index (χ0n) is 12.0. The lowest BCUT2D eigenvalue weighted by Gasteiger charge is -2.19. The van der Waals surface area contributed by atoms with E-state index < -0.39 is 26.5 Å². The van der Waals surface area contributed by atoms with E-state index >= 15 is 0 Å². The van der Waals surface area contributed by atoms with Crippen molar-refractivity contribution < 1.29 is 17.4 Å². The van der Waals surface area contributed by atoms with Crippen LogP contribution in [0.2, 0.25) is 0 Å². The van der Waals surface area contributed by atoms with Crippen LogP contribution < -0.4 is 4.18 Å². The molecule has 1 rings (SSSR count). The van der Waals surface area contributed by atoms with Crippen molar-refractivity contribution in [2.24, 2.45) is 5.92 Å². The zero-order chi connectivity index (χ0) is 15.5. The fourth-order valence-corrected chi connectivity index (χ4v) is 3.90. The number of hydrogen-bond donors (Lipinski definition) is 0. The molecule has 0 aromatic heterocycles. The fourth-order valence-electron chi connectivity index (χ4n) is 1.92. The summed E-state index contributed by atoms with van der Waals surface area (Å²) in [6.07, 6.45) is 0. The predicted octanol–water partition coefficient (Wildman–Crippen LogP) is 3.31. The summed E-state index contributed by atoms with van der Waals surface area (Å²) in [5, 5.41) is -2.30. The van der Waals surface area contributed by atoms with Gasteiger partial charge in [0, 0.05) is 0 Å². The molecule has 1 aromatic rings. The lowest BCUT2D eigenvalue weighted by atomic mass is 10.0. The average molecular weight is 319 g/mol. The number of para-hydroxylation sites is 1. The molecular weight excluding hydrogens is 300 g/mol. The van der Waals surface area contributed by atoms with Gasteiger partial charge in [0.2, 0.25) is 5.24 Å². The highest BCUT2D eigenvalue weighted by Crippen LogP contribution is 2.29. The molecule has 0 fully saturated rings. The lowest BCUT2D eigenvalue weighted by molar-refractivity contribution is -0.112. The van der Waals surface area contributed by atoms with Crippen LogP contribution >= 0.6 is 11.6 Å². The summed E-state index contributed by atoms with van der Waals surface area (Å²) in [7, 11) is -4.11. The van der Waals surface area contributed by atoms with Gasteiger partial charge >= 0.3 is 10.1 Å².